The number of benzene rings is 2. The van der Waals surface area contributed by atoms with Crippen LogP contribution in [0.1, 0.15) is 22.3 Å². The molecule has 2 aromatic carbocycles. The van der Waals surface area contributed by atoms with Crippen molar-refractivity contribution in [2.45, 2.75) is 13.0 Å². The summed E-state index contributed by atoms with van der Waals surface area (Å²) in [7, 11) is 0. The normalized spacial score (nSPS) is 14.3. The third-order valence-corrected chi connectivity index (χ3v) is 3.92. The standard InChI is InChI=1S/C16H13ClFNO/c17-13-5-3-6-14(18)12(13)10-19-9-8-16(20)11-4-1-2-7-15(11)19/h1-7H,8-10H2. The topological polar surface area (TPSA) is 20.3 Å². The number of Topliss-reactive ketones (excluding diaryl/α,β-unsaturated/α-hetero) is 1. The van der Waals surface area contributed by atoms with Crippen molar-refractivity contribution in [3.05, 3.63) is 64.4 Å². The summed E-state index contributed by atoms with van der Waals surface area (Å²) >= 11 is 6.07. The molecule has 0 amide bonds. The van der Waals surface area contributed by atoms with Gasteiger partial charge in [-0.05, 0) is 24.3 Å². The van der Waals surface area contributed by atoms with Gasteiger partial charge in [-0.25, -0.2) is 4.39 Å². The van der Waals surface area contributed by atoms with E-state index in [1.807, 2.05) is 29.2 Å². The number of hydrogen-bond donors (Lipinski definition) is 0. The highest BCUT2D eigenvalue weighted by Crippen LogP contribution is 2.30. The number of rotatable bonds is 2. The van der Waals surface area contributed by atoms with Crippen LogP contribution in [0.5, 0.6) is 0 Å². The van der Waals surface area contributed by atoms with E-state index in [0.29, 0.717) is 35.7 Å². The SMILES string of the molecule is O=C1CCN(Cc2c(F)cccc2Cl)c2ccccc21. The Hall–Kier alpha value is -1.87. The van der Waals surface area contributed by atoms with Crippen molar-refractivity contribution >= 4 is 23.1 Å². The summed E-state index contributed by atoms with van der Waals surface area (Å²) in [5, 5.41) is 0.416. The van der Waals surface area contributed by atoms with Gasteiger partial charge in [0.15, 0.2) is 5.78 Å². The molecule has 1 aliphatic rings. The van der Waals surface area contributed by atoms with Crippen LogP contribution in [0.4, 0.5) is 10.1 Å². The second-order valence-electron chi connectivity index (χ2n) is 4.81. The van der Waals surface area contributed by atoms with Gasteiger partial charge in [0.25, 0.3) is 0 Å². The minimum absolute atomic E-state index is 0.136. The molecular weight excluding hydrogens is 277 g/mol. The number of fused-ring (bicyclic) bond motifs is 1. The number of nitrogens with zero attached hydrogens (tertiary/aromatic N) is 1. The van der Waals surface area contributed by atoms with E-state index in [2.05, 4.69) is 0 Å². The van der Waals surface area contributed by atoms with E-state index in [4.69, 9.17) is 11.6 Å². The molecule has 0 saturated heterocycles. The van der Waals surface area contributed by atoms with Crippen LogP contribution < -0.4 is 4.90 Å². The largest absolute Gasteiger partial charge is 0.366 e. The Kier molecular flexibility index (Phi) is 3.45. The number of halogens is 2. The highest BCUT2D eigenvalue weighted by atomic mass is 35.5. The Labute approximate surface area is 121 Å². The third-order valence-electron chi connectivity index (χ3n) is 3.56. The van der Waals surface area contributed by atoms with Gasteiger partial charge in [0.1, 0.15) is 5.82 Å². The molecule has 0 N–H and O–H groups in total. The average Bonchev–Trinajstić information content (AvgIpc) is 2.46. The molecule has 0 aliphatic carbocycles. The number of para-hydroxylation sites is 1. The minimum Gasteiger partial charge on any atom is -0.366 e. The smallest absolute Gasteiger partial charge is 0.166 e. The zero-order valence-electron chi connectivity index (χ0n) is 10.8. The van der Waals surface area contributed by atoms with Gasteiger partial charge >= 0.3 is 0 Å². The summed E-state index contributed by atoms with van der Waals surface area (Å²) in [6.45, 7) is 0.955. The summed E-state index contributed by atoms with van der Waals surface area (Å²) in [5.41, 5.74) is 2.02. The molecule has 1 heterocycles. The molecule has 0 fully saturated rings. The number of anilines is 1. The van der Waals surface area contributed by atoms with E-state index in [9.17, 15) is 9.18 Å². The maximum absolute atomic E-state index is 13.9. The van der Waals surface area contributed by atoms with E-state index in [-0.39, 0.29) is 11.6 Å². The lowest BCUT2D eigenvalue weighted by atomic mass is 10.00. The molecule has 0 atom stereocenters. The first-order chi connectivity index (χ1) is 9.66. The fraction of sp³-hybridized carbons (Fsp3) is 0.188. The first-order valence-corrected chi connectivity index (χ1v) is 6.84. The van der Waals surface area contributed by atoms with Gasteiger partial charge in [0.2, 0.25) is 0 Å². The average molecular weight is 290 g/mol. The summed E-state index contributed by atoms with van der Waals surface area (Å²) < 4.78 is 13.9. The van der Waals surface area contributed by atoms with E-state index in [1.54, 1.807) is 12.1 Å². The molecule has 20 heavy (non-hydrogen) atoms. The Morgan fingerprint density at radius 1 is 1.15 bits per heavy atom. The van der Waals surface area contributed by atoms with E-state index in [0.717, 1.165) is 5.69 Å². The van der Waals surface area contributed by atoms with Crippen LogP contribution in [0.15, 0.2) is 42.5 Å². The molecule has 0 spiro atoms. The van der Waals surface area contributed by atoms with Crippen LogP contribution in [0.25, 0.3) is 0 Å². The zero-order valence-corrected chi connectivity index (χ0v) is 11.5. The van der Waals surface area contributed by atoms with Gasteiger partial charge < -0.3 is 4.90 Å². The molecule has 102 valence electrons. The molecule has 4 heteroatoms. The van der Waals surface area contributed by atoms with Crippen molar-refractivity contribution in [2.75, 3.05) is 11.4 Å². The van der Waals surface area contributed by atoms with E-state index < -0.39 is 0 Å². The Balaban J connectivity index is 1.97. The van der Waals surface area contributed by atoms with Crippen molar-refractivity contribution in [2.24, 2.45) is 0 Å². The number of hydrogen-bond acceptors (Lipinski definition) is 2. The first kappa shape index (κ1) is 13.1. The Morgan fingerprint density at radius 3 is 2.75 bits per heavy atom. The maximum Gasteiger partial charge on any atom is 0.166 e. The van der Waals surface area contributed by atoms with Crippen LogP contribution in [0.3, 0.4) is 0 Å². The van der Waals surface area contributed by atoms with Gasteiger partial charge in [-0.1, -0.05) is 29.8 Å². The fourth-order valence-corrected chi connectivity index (χ4v) is 2.74. The van der Waals surface area contributed by atoms with Gasteiger partial charge in [-0.15, -0.1) is 0 Å². The van der Waals surface area contributed by atoms with Crippen molar-refractivity contribution in [3.8, 4) is 0 Å². The molecular formula is C16H13ClFNO. The number of carbonyl (C=O) groups excluding carboxylic acids is 1. The predicted molar refractivity (Wildman–Crippen MR) is 77.8 cm³/mol. The highest BCUT2D eigenvalue weighted by Gasteiger charge is 2.23. The summed E-state index contributed by atoms with van der Waals surface area (Å²) in [6, 6.07) is 12.1. The van der Waals surface area contributed by atoms with Crippen molar-refractivity contribution in [3.63, 3.8) is 0 Å². The lowest BCUT2D eigenvalue weighted by molar-refractivity contribution is 0.0979. The molecule has 2 aromatic rings. The van der Waals surface area contributed by atoms with Crippen LogP contribution in [0, 0.1) is 5.82 Å². The minimum atomic E-state index is -0.313. The Morgan fingerprint density at radius 2 is 1.95 bits per heavy atom. The molecule has 0 bridgehead atoms. The second kappa shape index (κ2) is 5.25. The van der Waals surface area contributed by atoms with Crippen LogP contribution in [0.2, 0.25) is 5.02 Å². The molecule has 0 saturated carbocycles. The summed E-state index contributed by atoms with van der Waals surface area (Å²) in [6.07, 6.45) is 0.448. The molecule has 1 aliphatic heterocycles. The van der Waals surface area contributed by atoms with E-state index >= 15 is 0 Å². The van der Waals surface area contributed by atoms with Gasteiger partial charge in [0.05, 0.1) is 0 Å². The van der Waals surface area contributed by atoms with Crippen LogP contribution >= 0.6 is 11.6 Å². The third kappa shape index (κ3) is 2.29. The molecule has 2 nitrogen and oxygen atoms in total. The van der Waals surface area contributed by atoms with Crippen molar-refractivity contribution < 1.29 is 9.18 Å². The lowest BCUT2D eigenvalue weighted by Crippen LogP contribution is -2.32. The highest BCUT2D eigenvalue weighted by molar-refractivity contribution is 6.31. The van der Waals surface area contributed by atoms with Crippen molar-refractivity contribution in [1.82, 2.24) is 0 Å². The number of ketones is 1. The van der Waals surface area contributed by atoms with Gasteiger partial charge in [-0.3, -0.25) is 4.79 Å². The Bertz CT molecular complexity index is 651. The monoisotopic (exact) mass is 289 g/mol. The lowest BCUT2D eigenvalue weighted by Gasteiger charge is -2.30. The molecule has 0 radical (unpaired) electrons. The predicted octanol–water partition coefficient (Wildman–Crippen LogP) is 4.07. The summed E-state index contributed by atoms with van der Waals surface area (Å²) in [4.78, 5) is 13.9. The van der Waals surface area contributed by atoms with Crippen LogP contribution in [-0.2, 0) is 6.54 Å². The zero-order chi connectivity index (χ0) is 14.1. The maximum atomic E-state index is 13.9. The number of carbonyl (C=O) groups is 1. The van der Waals surface area contributed by atoms with Gasteiger partial charge in [-0.2, -0.15) is 0 Å². The molecule has 0 unspecified atom stereocenters. The first-order valence-electron chi connectivity index (χ1n) is 6.47. The van der Waals surface area contributed by atoms with E-state index in [1.165, 1.54) is 6.07 Å². The van der Waals surface area contributed by atoms with Crippen LogP contribution in [-0.4, -0.2) is 12.3 Å². The summed E-state index contributed by atoms with van der Waals surface area (Å²) in [5.74, 6) is -0.177. The quantitative estimate of drug-likeness (QED) is 0.830. The molecule has 3 rings (SSSR count). The molecule has 0 aromatic heterocycles. The fourth-order valence-electron chi connectivity index (χ4n) is 2.52. The van der Waals surface area contributed by atoms with Crippen molar-refractivity contribution in [1.29, 1.82) is 0 Å². The van der Waals surface area contributed by atoms with Gasteiger partial charge in [0, 0.05) is 41.3 Å². The second-order valence-corrected chi connectivity index (χ2v) is 5.22.